The van der Waals surface area contributed by atoms with Gasteiger partial charge in [-0.1, -0.05) is 11.6 Å². The van der Waals surface area contributed by atoms with Crippen LogP contribution in [0.5, 0.6) is 0 Å². The maximum Gasteiger partial charge on any atom is 0.274 e. The third-order valence-corrected chi connectivity index (χ3v) is 2.84. The van der Waals surface area contributed by atoms with Crippen LogP contribution in [-0.2, 0) is 6.54 Å². The summed E-state index contributed by atoms with van der Waals surface area (Å²) < 4.78 is 0. The zero-order valence-corrected chi connectivity index (χ0v) is 10.4. The van der Waals surface area contributed by atoms with Crippen LogP contribution in [0.2, 0.25) is 5.02 Å². The van der Waals surface area contributed by atoms with Crippen LogP contribution in [0.1, 0.15) is 12.1 Å². The lowest BCUT2D eigenvalue weighted by atomic mass is 10.2. The molecule has 1 aromatic rings. The normalized spacial score (nSPS) is 17.6. The molecule has 1 N–H and O–H groups in total. The molecular formula is C11H13ClN4O2. The molecule has 18 heavy (non-hydrogen) atoms. The van der Waals surface area contributed by atoms with E-state index in [1.54, 1.807) is 12.3 Å². The third kappa shape index (κ3) is 3.33. The van der Waals surface area contributed by atoms with Gasteiger partial charge in [0.2, 0.25) is 0 Å². The Bertz CT molecular complexity index is 461. The Hall–Kier alpha value is -1.82. The molecule has 2 rings (SSSR count). The number of nitro groups is 1. The van der Waals surface area contributed by atoms with Gasteiger partial charge in [-0.05, 0) is 18.6 Å². The van der Waals surface area contributed by atoms with Gasteiger partial charge in [0.1, 0.15) is 0 Å². The molecular weight excluding hydrogens is 256 g/mol. The van der Waals surface area contributed by atoms with E-state index in [2.05, 4.69) is 10.3 Å². The first kappa shape index (κ1) is 12.6. The average Bonchev–Trinajstić information content (AvgIpc) is 2.34. The zero-order valence-electron chi connectivity index (χ0n) is 9.67. The second kappa shape index (κ2) is 5.68. The van der Waals surface area contributed by atoms with Crippen molar-refractivity contribution in [3.8, 4) is 0 Å². The molecule has 0 aliphatic carbocycles. The van der Waals surface area contributed by atoms with E-state index in [0.29, 0.717) is 17.4 Å². The van der Waals surface area contributed by atoms with E-state index >= 15 is 0 Å². The molecule has 0 atom stereocenters. The number of pyridine rings is 1. The summed E-state index contributed by atoms with van der Waals surface area (Å²) in [5.74, 6) is 0.531. The van der Waals surface area contributed by atoms with Crippen LogP contribution in [0.25, 0.3) is 0 Å². The van der Waals surface area contributed by atoms with Gasteiger partial charge in [-0.25, -0.2) is 0 Å². The lowest BCUT2D eigenvalue weighted by molar-refractivity contribution is -0.405. The molecule has 0 amide bonds. The minimum Gasteiger partial charge on any atom is -0.367 e. The van der Waals surface area contributed by atoms with Crippen LogP contribution in [0.15, 0.2) is 30.4 Å². The highest BCUT2D eigenvalue weighted by molar-refractivity contribution is 6.30. The summed E-state index contributed by atoms with van der Waals surface area (Å²) in [5.41, 5.74) is 0.831. The van der Waals surface area contributed by atoms with E-state index in [4.69, 9.17) is 11.6 Å². The first-order chi connectivity index (χ1) is 8.65. The molecule has 0 saturated carbocycles. The summed E-state index contributed by atoms with van der Waals surface area (Å²) in [6.07, 6.45) is 3.52. The number of hydrogen-bond donors (Lipinski definition) is 1. The van der Waals surface area contributed by atoms with Gasteiger partial charge < -0.3 is 10.2 Å². The molecule has 96 valence electrons. The minimum absolute atomic E-state index is 0.448. The first-order valence-electron chi connectivity index (χ1n) is 5.60. The molecule has 1 aromatic heterocycles. The molecule has 1 aliphatic rings. The van der Waals surface area contributed by atoms with Gasteiger partial charge in [0.25, 0.3) is 6.20 Å². The van der Waals surface area contributed by atoms with E-state index in [0.717, 1.165) is 31.4 Å². The molecule has 6 nitrogen and oxygen atoms in total. The zero-order chi connectivity index (χ0) is 13.0. The second-order valence-electron chi connectivity index (χ2n) is 3.97. The number of hydrogen-bond acceptors (Lipinski definition) is 5. The maximum absolute atomic E-state index is 10.5. The third-order valence-electron chi connectivity index (χ3n) is 2.62. The largest absolute Gasteiger partial charge is 0.367 e. The first-order valence-corrected chi connectivity index (χ1v) is 5.97. The molecule has 0 unspecified atom stereocenters. The van der Waals surface area contributed by atoms with Crippen molar-refractivity contribution in [3.63, 3.8) is 0 Å². The molecule has 0 radical (unpaired) electrons. The van der Waals surface area contributed by atoms with Gasteiger partial charge in [-0.2, -0.15) is 0 Å². The number of aromatic nitrogens is 1. The topological polar surface area (TPSA) is 71.3 Å². The van der Waals surface area contributed by atoms with Crippen molar-refractivity contribution in [1.82, 2.24) is 15.2 Å². The van der Waals surface area contributed by atoms with Crippen molar-refractivity contribution in [2.45, 2.75) is 13.0 Å². The van der Waals surface area contributed by atoms with Crippen molar-refractivity contribution < 1.29 is 4.92 Å². The standard InChI is InChI=1S/C11H13ClN4O2/c12-9-2-3-10(14-6-9)7-15-5-1-4-13-11(15)8-16(17)18/h2-3,6,8,13H,1,4-5,7H2. The summed E-state index contributed by atoms with van der Waals surface area (Å²) in [6.45, 7) is 2.06. The molecule has 0 bridgehead atoms. The van der Waals surface area contributed by atoms with Crippen LogP contribution in [-0.4, -0.2) is 27.9 Å². The summed E-state index contributed by atoms with van der Waals surface area (Å²) in [5, 5.41) is 14.1. The molecule has 1 aliphatic heterocycles. The van der Waals surface area contributed by atoms with Crippen molar-refractivity contribution in [2.75, 3.05) is 13.1 Å². The van der Waals surface area contributed by atoms with Gasteiger partial charge in [-0.3, -0.25) is 15.1 Å². The maximum atomic E-state index is 10.5. The number of rotatable bonds is 3. The summed E-state index contributed by atoms with van der Waals surface area (Å²) in [4.78, 5) is 16.2. The Morgan fingerprint density at radius 3 is 3.11 bits per heavy atom. The number of halogens is 1. The van der Waals surface area contributed by atoms with Crippen LogP contribution in [0, 0.1) is 10.1 Å². The van der Waals surface area contributed by atoms with Gasteiger partial charge in [-0.15, -0.1) is 0 Å². The average molecular weight is 269 g/mol. The fourth-order valence-electron chi connectivity index (χ4n) is 1.81. The minimum atomic E-state index is -0.448. The highest BCUT2D eigenvalue weighted by atomic mass is 35.5. The molecule has 2 heterocycles. The molecule has 0 spiro atoms. The SMILES string of the molecule is O=[N+]([O-])C=C1NCCCN1Cc1ccc(Cl)cn1. The van der Waals surface area contributed by atoms with Crippen LogP contribution < -0.4 is 5.32 Å². The van der Waals surface area contributed by atoms with Crippen molar-refractivity contribution in [1.29, 1.82) is 0 Å². The fourth-order valence-corrected chi connectivity index (χ4v) is 1.92. The Labute approximate surface area is 109 Å². The highest BCUT2D eigenvalue weighted by Gasteiger charge is 2.18. The predicted molar refractivity (Wildman–Crippen MR) is 67.4 cm³/mol. The highest BCUT2D eigenvalue weighted by Crippen LogP contribution is 2.13. The Morgan fingerprint density at radius 1 is 1.61 bits per heavy atom. The number of nitrogens with one attached hydrogen (secondary N) is 1. The van der Waals surface area contributed by atoms with E-state index < -0.39 is 4.92 Å². The smallest absolute Gasteiger partial charge is 0.274 e. The van der Waals surface area contributed by atoms with Crippen LogP contribution >= 0.6 is 11.6 Å². The van der Waals surface area contributed by atoms with Gasteiger partial charge in [0.15, 0.2) is 5.82 Å². The monoisotopic (exact) mass is 268 g/mol. The summed E-state index contributed by atoms with van der Waals surface area (Å²) in [6, 6.07) is 3.58. The second-order valence-corrected chi connectivity index (χ2v) is 4.41. The van der Waals surface area contributed by atoms with Crippen LogP contribution in [0.3, 0.4) is 0 Å². The van der Waals surface area contributed by atoms with E-state index in [-0.39, 0.29) is 0 Å². The van der Waals surface area contributed by atoms with E-state index in [1.165, 1.54) is 0 Å². The summed E-state index contributed by atoms with van der Waals surface area (Å²) in [7, 11) is 0. The summed E-state index contributed by atoms with van der Waals surface area (Å²) >= 11 is 5.76. The molecule has 0 aromatic carbocycles. The van der Waals surface area contributed by atoms with Gasteiger partial charge in [0.05, 0.1) is 22.2 Å². The van der Waals surface area contributed by atoms with E-state index in [1.807, 2.05) is 11.0 Å². The predicted octanol–water partition coefficient (Wildman–Crippen LogP) is 1.61. The quantitative estimate of drug-likeness (QED) is 0.666. The van der Waals surface area contributed by atoms with Crippen molar-refractivity contribution >= 4 is 11.6 Å². The Morgan fingerprint density at radius 2 is 2.44 bits per heavy atom. The fraction of sp³-hybridized carbons (Fsp3) is 0.364. The van der Waals surface area contributed by atoms with E-state index in [9.17, 15) is 10.1 Å². The van der Waals surface area contributed by atoms with Gasteiger partial charge >= 0.3 is 0 Å². The molecule has 1 fully saturated rings. The van der Waals surface area contributed by atoms with Crippen molar-refractivity contribution in [2.24, 2.45) is 0 Å². The lowest BCUT2D eigenvalue weighted by Gasteiger charge is -2.30. The van der Waals surface area contributed by atoms with Gasteiger partial charge in [0, 0.05) is 19.3 Å². The molecule has 1 saturated heterocycles. The van der Waals surface area contributed by atoms with Crippen LogP contribution in [0.4, 0.5) is 0 Å². The lowest BCUT2D eigenvalue weighted by Crippen LogP contribution is -2.39. The van der Waals surface area contributed by atoms with Crippen molar-refractivity contribution in [3.05, 3.63) is 51.2 Å². The Kier molecular flexibility index (Phi) is 3.99. The Balaban J connectivity index is 2.10. The number of nitrogens with zero attached hydrogens (tertiary/aromatic N) is 3. The molecule has 7 heteroatoms.